The first kappa shape index (κ1) is 20.2. The second kappa shape index (κ2) is 9.44. The summed E-state index contributed by atoms with van der Waals surface area (Å²) < 4.78 is 42.1. The number of nitrogens with one attached hydrogen (secondary N) is 1. The molecule has 1 amide bonds. The van der Waals surface area contributed by atoms with E-state index in [9.17, 15) is 23.1 Å². The Balaban J connectivity index is 2.51. The predicted octanol–water partition coefficient (Wildman–Crippen LogP) is 2.93. The molecular formula is C15H26F3NO4. The van der Waals surface area contributed by atoms with Gasteiger partial charge in [-0.2, -0.15) is 13.2 Å². The summed E-state index contributed by atoms with van der Waals surface area (Å²) in [6.45, 7) is 4.22. The number of hydrogen-bond acceptors (Lipinski definition) is 4. The number of hydroxylamine groups is 1. The third-order valence-electron chi connectivity index (χ3n) is 3.68. The number of alkyl halides is 3. The number of aliphatic hydroxyl groups is 1. The molecule has 8 heteroatoms. The highest BCUT2D eigenvalue weighted by Gasteiger charge is 2.33. The van der Waals surface area contributed by atoms with Crippen LogP contribution in [-0.4, -0.2) is 36.2 Å². The topological polar surface area (TPSA) is 67.8 Å². The van der Waals surface area contributed by atoms with Crippen LogP contribution in [0, 0.1) is 11.8 Å². The molecule has 0 aliphatic carbocycles. The van der Waals surface area contributed by atoms with E-state index in [1.165, 1.54) is 0 Å². The minimum absolute atomic E-state index is 0.0530. The summed E-state index contributed by atoms with van der Waals surface area (Å²) >= 11 is 0. The van der Waals surface area contributed by atoms with Crippen molar-refractivity contribution in [3.63, 3.8) is 0 Å². The van der Waals surface area contributed by atoms with Gasteiger partial charge in [0.1, 0.15) is 0 Å². The van der Waals surface area contributed by atoms with Gasteiger partial charge in [-0.3, -0.25) is 4.79 Å². The van der Waals surface area contributed by atoms with E-state index in [1.54, 1.807) is 0 Å². The molecule has 1 heterocycles. The summed E-state index contributed by atoms with van der Waals surface area (Å²) in [5.74, 6) is -1.50. The predicted molar refractivity (Wildman–Crippen MR) is 77.1 cm³/mol. The van der Waals surface area contributed by atoms with Crippen molar-refractivity contribution >= 4 is 5.91 Å². The van der Waals surface area contributed by atoms with E-state index in [1.807, 2.05) is 13.8 Å². The maximum Gasteiger partial charge on any atom is 0.389 e. The van der Waals surface area contributed by atoms with Crippen LogP contribution in [0.5, 0.6) is 0 Å². The van der Waals surface area contributed by atoms with Crippen LogP contribution in [0.4, 0.5) is 13.2 Å². The number of amides is 1. The van der Waals surface area contributed by atoms with Crippen LogP contribution in [-0.2, 0) is 14.4 Å². The van der Waals surface area contributed by atoms with E-state index in [4.69, 9.17) is 9.57 Å². The fraction of sp³-hybridized carbons (Fsp3) is 0.933. The molecule has 3 atom stereocenters. The van der Waals surface area contributed by atoms with Gasteiger partial charge in [0.05, 0.1) is 12.0 Å². The van der Waals surface area contributed by atoms with E-state index < -0.39 is 43.2 Å². The molecule has 23 heavy (non-hydrogen) atoms. The van der Waals surface area contributed by atoms with E-state index in [0.29, 0.717) is 13.0 Å². The maximum atomic E-state index is 12.3. The Bertz CT molecular complexity index is 357. The number of carbonyl (C=O) groups is 1. The van der Waals surface area contributed by atoms with Crippen LogP contribution in [0.1, 0.15) is 52.4 Å². The Morgan fingerprint density at radius 3 is 2.61 bits per heavy atom. The number of halogens is 3. The first-order chi connectivity index (χ1) is 10.7. The molecule has 1 unspecified atom stereocenters. The molecule has 0 spiro atoms. The van der Waals surface area contributed by atoms with Gasteiger partial charge in [-0.1, -0.05) is 13.8 Å². The van der Waals surface area contributed by atoms with Crippen molar-refractivity contribution in [3.05, 3.63) is 0 Å². The van der Waals surface area contributed by atoms with Gasteiger partial charge in [-0.25, -0.2) is 10.3 Å². The van der Waals surface area contributed by atoms with E-state index >= 15 is 0 Å². The fourth-order valence-corrected chi connectivity index (χ4v) is 2.46. The molecular weight excluding hydrogens is 315 g/mol. The quantitative estimate of drug-likeness (QED) is 0.666. The Morgan fingerprint density at radius 1 is 1.39 bits per heavy atom. The van der Waals surface area contributed by atoms with E-state index in [-0.39, 0.29) is 12.3 Å². The van der Waals surface area contributed by atoms with Gasteiger partial charge >= 0.3 is 6.18 Å². The molecule has 0 radical (unpaired) electrons. The van der Waals surface area contributed by atoms with Crippen molar-refractivity contribution in [3.8, 4) is 0 Å². The van der Waals surface area contributed by atoms with Crippen LogP contribution >= 0.6 is 0 Å². The van der Waals surface area contributed by atoms with Crippen molar-refractivity contribution in [2.45, 2.75) is 70.9 Å². The van der Waals surface area contributed by atoms with Gasteiger partial charge in [0.2, 0.25) is 5.91 Å². The van der Waals surface area contributed by atoms with Gasteiger partial charge < -0.3 is 9.84 Å². The number of rotatable bonds is 8. The van der Waals surface area contributed by atoms with E-state index in [2.05, 4.69) is 5.48 Å². The highest BCUT2D eigenvalue weighted by Crippen LogP contribution is 2.26. The minimum atomic E-state index is -4.35. The van der Waals surface area contributed by atoms with Gasteiger partial charge in [0, 0.05) is 19.4 Å². The molecule has 1 aliphatic rings. The summed E-state index contributed by atoms with van der Waals surface area (Å²) in [5.41, 5.74) is 2.23. The molecule has 0 aromatic carbocycles. The number of carbonyl (C=O) groups excluding carboxylic acids is 1. The summed E-state index contributed by atoms with van der Waals surface area (Å²) in [5, 5.41) is 9.98. The molecule has 0 bridgehead atoms. The maximum absolute atomic E-state index is 12.3. The molecule has 1 fully saturated rings. The lowest BCUT2D eigenvalue weighted by Crippen LogP contribution is -2.41. The Morgan fingerprint density at radius 2 is 2.09 bits per heavy atom. The van der Waals surface area contributed by atoms with E-state index in [0.717, 1.165) is 12.8 Å². The van der Waals surface area contributed by atoms with Crippen molar-refractivity contribution in [2.24, 2.45) is 11.8 Å². The minimum Gasteiger partial charge on any atom is -0.392 e. The molecule has 1 saturated heterocycles. The number of hydrogen-bond donors (Lipinski definition) is 2. The lowest BCUT2D eigenvalue weighted by molar-refractivity contribution is -0.204. The first-order valence-corrected chi connectivity index (χ1v) is 8.01. The van der Waals surface area contributed by atoms with Crippen molar-refractivity contribution in [1.29, 1.82) is 0 Å². The Kier molecular flexibility index (Phi) is 8.28. The van der Waals surface area contributed by atoms with Crippen molar-refractivity contribution < 1.29 is 32.6 Å². The lowest BCUT2D eigenvalue weighted by atomic mass is 9.89. The molecule has 1 aliphatic heterocycles. The van der Waals surface area contributed by atoms with Crippen molar-refractivity contribution in [1.82, 2.24) is 5.48 Å². The second-order valence-electron chi connectivity index (χ2n) is 6.34. The molecule has 136 valence electrons. The lowest BCUT2D eigenvalue weighted by Gasteiger charge is -2.26. The van der Waals surface area contributed by atoms with Crippen LogP contribution in [0.2, 0.25) is 0 Å². The Hall–Kier alpha value is -0.860. The zero-order valence-corrected chi connectivity index (χ0v) is 13.6. The molecule has 0 aromatic heterocycles. The normalized spacial score (nSPS) is 22.0. The number of aliphatic hydroxyl groups excluding tert-OH is 1. The average Bonchev–Trinajstić information content (AvgIpc) is 2.48. The third kappa shape index (κ3) is 8.53. The van der Waals surface area contributed by atoms with Crippen LogP contribution in [0.15, 0.2) is 0 Å². The second-order valence-corrected chi connectivity index (χ2v) is 6.34. The molecule has 1 rings (SSSR count). The highest BCUT2D eigenvalue weighted by molar-refractivity contribution is 5.78. The van der Waals surface area contributed by atoms with Crippen LogP contribution < -0.4 is 5.48 Å². The van der Waals surface area contributed by atoms with Gasteiger partial charge in [0.25, 0.3) is 0 Å². The van der Waals surface area contributed by atoms with Crippen LogP contribution in [0.25, 0.3) is 0 Å². The molecule has 0 aromatic rings. The monoisotopic (exact) mass is 341 g/mol. The summed E-state index contributed by atoms with van der Waals surface area (Å²) in [4.78, 5) is 17.3. The number of ether oxygens (including phenoxy) is 1. The first-order valence-electron chi connectivity index (χ1n) is 8.01. The standard InChI is InChI=1S/C15H26F3NO4/c1-10(2)9-11(12(20)6-7-15(16,17)18)14(21)19-23-13-5-3-4-8-22-13/h10-13,20H,3-9H2,1-2H3,(H,19,21)/t11-,12-,13?/m1/s1. The zero-order chi connectivity index (χ0) is 17.5. The summed E-state index contributed by atoms with van der Waals surface area (Å²) in [6, 6.07) is 0. The SMILES string of the molecule is CC(C)C[C@@H](C(=O)NOC1CCCCO1)[C@H](O)CCC(F)(F)F. The molecule has 2 N–H and O–H groups in total. The Labute approximate surface area is 134 Å². The zero-order valence-electron chi connectivity index (χ0n) is 13.6. The van der Waals surface area contributed by atoms with Crippen LogP contribution in [0.3, 0.4) is 0 Å². The summed E-state index contributed by atoms with van der Waals surface area (Å²) in [6.07, 6.45) is -5.12. The van der Waals surface area contributed by atoms with Gasteiger partial charge in [-0.15, -0.1) is 0 Å². The molecule has 0 saturated carbocycles. The summed E-state index contributed by atoms with van der Waals surface area (Å²) in [7, 11) is 0. The molecule has 5 nitrogen and oxygen atoms in total. The van der Waals surface area contributed by atoms with Gasteiger partial charge in [-0.05, 0) is 31.6 Å². The largest absolute Gasteiger partial charge is 0.392 e. The van der Waals surface area contributed by atoms with Crippen molar-refractivity contribution in [2.75, 3.05) is 6.61 Å². The van der Waals surface area contributed by atoms with Gasteiger partial charge in [0.15, 0.2) is 6.29 Å². The highest BCUT2D eigenvalue weighted by atomic mass is 19.4. The smallest absolute Gasteiger partial charge is 0.389 e. The fourth-order valence-electron chi connectivity index (χ4n) is 2.46. The third-order valence-corrected chi connectivity index (χ3v) is 3.68. The average molecular weight is 341 g/mol.